The molecule has 0 aliphatic rings. The van der Waals surface area contributed by atoms with Gasteiger partial charge in [-0.25, -0.2) is 0 Å². The van der Waals surface area contributed by atoms with E-state index >= 15 is 0 Å². The average molecular weight is 301 g/mol. The smallest absolute Gasteiger partial charge is 0.192 e. The van der Waals surface area contributed by atoms with Crippen LogP contribution in [0, 0.1) is 11.3 Å². The molecule has 0 bridgehead atoms. The highest BCUT2D eigenvalue weighted by Crippen LogP contribution is 2.24. The Labute approximate surface area is 124 Å². The first-order chi connectivity index (χ1) is 9.69. The number of aromatic nitrogens is 1. The Balaban J connectivity index is 1.96. The summed E-state index contributed by atoms with van der Waals surface area (Å²) in [6.45, 7) is 0.245. The lowest BCUT2D eigenvalue weighted by Crippen LogP contribution is -2.07. The summed E-state index contributed by atoms with van der Waals surface area (Å²) in [4.78, 5) is 12.8. The van der Waals surface area contributed by atoms with Crippen molar-refractivity contribution in [2.75, 3.05) is 0 Å². The van der Waals surface area contributed by atoms with E-state index in [0.29, 0.717) is 14.8 Å². The molecule has 0 fully saturated rings. The number of hydrogen-bond acceptors (Lipinski definition) is 3. The Kier molecular flexibility index (Phi) is 3.31. The van der Waals surface area contributed by atoms with Crippen LogP contribution in [-0.2, 0) is 6.54 Å². The number of benzene rings is 1. The molecule has 2 aromatic heterocycles. The fraction of sp³-hybridized carbons (Fsp3) is 0.0667. The van der Waals surface area contributed by atoms with Crippen LogP contribution in [0.15, 0.2) is 42.6 Å². The summed E-state index contributed by atoms with van der Waals surface area (Å²) in [6.07, 6.45) is 1.83. The molecule has 0 saturated heterocycles. The van der Waals surface area contributed by atoms with E-state index in [1.165, 1.54) is 11.3 Å². The summed E-state index contributed by atoms with van der Waals surface area (Å²) >= 11 is 7.13. The van der Waals surface area contributed by atoms with Crippen LogP contribution in [0.3, 0.4) is 0 Å². The van der Waals surface area contributed by atoms with Crippen LogP contribution in [0.5, 0.6) is 0 Å². The summed E-state index contributed by atoms with van der Waals surface area (Å²) in [5, 5.41) is 9.94. The molecule has 98 valence electrons. The van der Waals surface area contributed by atoms with E-state index in [-0.39, 0.29) is 12.3 Å². The molecular formula is C15H9ClN2OS. The second kappa shape index (κ2) is 5.12. The highest BCUT2D eigenvalue weighted by molar-refractivity contribution is 7.18. The van der Waals surface area contributed by atoms with Crippen LogP contribution in [0.1, 0.15) is 15.2 Å². The van der Waals surface area contributed by atoms with E-state index in [1.54, 1.807) is 18.2 Å². The first-order valence-corrected chi connectivity index (χ1v) is 7.15. The van der Waals surface area contributed by atoms with Gasteiger partial charge in [-0.3, -0.25) is 4.79 Å². The highest BCUT2D eigenvalue weighted by atomic mass is 35.5. The molecule has 0 radical (unpaired) electrons. The zero-order valence-corrected chi connectivity index (χ0v) is 11.9. The molecule has 0 spiro atoms. The number of nitriles is 1. The Hall–Kier alpha value is -2.09. The largest absolute Gasteiger partial charge is 0.340 e. The van der Waals surface area contributed by atoms with Crippen LogP contribution >= 0.6 is 22.9 Å². The van der Waals surface area contributed by atoms with Gasteiger partial charge in [0.15, 0.2) is 5.78 Å². The lowest BCUT2D eigenvalue weighted by molar-refractivity contribution is 0.0977. The van der Waals surface area contributed by atoms with Gasteiger partial charge in [-0.15, -0.1) is 11.3 Å². The number of fused-ring (bicyclic) bond motifs is 1. The molecule has 0 unspecified atom stereocenters. The third-order valence-corrected chi connectivity index (χ3v) is 4.37. The van der Waals surface area contributed by atoms with Crippen molar-refractivity contribution in [3.8, 4) is 6.07 Å². The van der Waals surface area contributed by atoms with Gasteiger partial charge in [-0.05, 0) is 30.3 Å². The number of nitrogens with zero attached hydrogens (tertiary/aromatic N) is 2. The van der Waals surface area contributed by atoms with Crippen molar-refractivity contribution < 1.29 is 4.79 Å². The van der Waals surface area contributed by atoms with Crippen LogP contribution < -0.4 is 0 Å². The van der Waals surface area contributed by atoms with Gasteiger partial charge in [0.2, 0.25) is 0 Å². The predicted octanol–water partition coefficient (Wildman–Crippen LogP) is 4.11. The predicted molar refractivity (Wildman–Crippen MR) is 80.3 cm³/mol. The van der Waals surface area contributed by atoms with E-state index in [1.807, 2.05) is 29.0 Å². The number of halogens is 1. The van der Waals surface area contributed by atoms with E-state index in [0.717, 1.165) is 10.9 Å². The van der Waals surface area contributed by atoms with Crippen LogP contribution in [-0.4, -0.2) is 10.4 Å². The van der Waals surface area contributed by atoms with E-state index in [4.69, 9.17) is 16.9 Å². The van der Waals surface area contributed by atoms with Gasteiger partial charge in [0.05, 0.1) is 27.4 Å². The zero-order valence-electron chi connectivity index (χ0n) is 10.3. The van der Waals surface area contributed by atoms with Crippen LogP contribution in [0.2, 0.25) is 4.34 Å². The SMILES string of the molecule is N#Cc1cccc2c1ccn2CC(=O)c1ccc(Cl)s1. The van der Waals surface area contributed by atoms with E-state index < -0.39 is 0 Å². The molecule has 3 aromatic rings. The van der Waals surface area contributed by atoms with Gasteiger partial charge < -0.3 is 4.57 Å². The Morgan fingerprint density at radius 3 is 2.85 bits per heavy atom. The lowest BCUT2D eigenvalue weighted by atomic mass is 10.1. The van der Waals surface area contributed by atoms with Crippen molar-refractivity contribution in [3.05, 3.63) is 57.4 Å². The summed E-state index contributed by atoms with van der Waals surface area (Å²) in [5.74, 6) is 0.0155. The molecule has 0 saturated carbocycles. The maximum Gasteiger partial charge on any atom is 0.192 e. The number of carbonyl (C=O) groups is 1. The molecule has 0 aliphatic carbocycles. The van der Waals surface area contributed by atoms with E-state index in [9.17, 15) is 4.79 Å². The molecule has 20 heavy (non-hydrogen) atoms. The number of ketones is 1. The first kappa shape index (κ1) is 12.9. The lowest BCUT2D eigenvalue weighted by Gasteiger charge is -2.03. The minimum Gasteiger partial charge on any atom is -0.340 e. The Bertz CT molecular complexity index is 841. The van der Waals surface area contributed by atoms with Crippen molar-refractivity contribution in [2.45, 2.75) is 6.54 Å². The fourth-order valence-electron chi connectivity index (χ4n) is 2.16. The molecule has 0 aliphatic heterocycles. The maximum absolute atomic E-state index is 12.2. The number of rotatable bonds is 3. The average Bonchev–Trinajstić information content (AvgIpc) is 3.05. The molecule has 1 aromatic carbocycles. The fourth-order valence-corrected chi connectivity index (χ4v) is 3.13. The van der Waals surface area contributed by atoms with Crippen LogP contribution in [0.25, 0.3) is 10.9 Å². The standard InChI is InChI=1S/C15H9ClN2OS/c16-15-5-4-14(20-15)13(19)9-18-7-6-11-10(8-17)2-1-3-12(11)18/h1-7H,9H2. The minimum absolute atomic E-state index is 0.0155. The molecule has 5 heteroatoms. The monoisotopic (exact) mass is 300 g/mol. The normalized spacial score (nSPS) is 10.6. The van der Waals surface area contributed by atoms with Crippen molar-refractivity contribution in [3.63, 3.8) is 0 Å². The van der Waals surface area contributed by atoms with Gasteiger partial charge in [-0.1, -0.05) is 17.7 Å². The molecule has 2 heterocycles. The minimum atomic E-state index is 0.0155. The Morgan fingerprint density at radius 2 is 2.15 bits per heavy atom. The van der Waals surface area contributed by atoms with Crippen LogP contribution in [0.4, 0.5) is 0 Å². The summed E-state index contributed by atoms with van der Waals surface area (Å²) in [6, 6.07) is 13.0. The quantitative estimate of drug-likeness (QED) is 0.683. The van der Waals surface area contributed by atoms with Gasteiger partial charge in [0, 0.05) is 17.1 Å². The second-order valence-electron chi connectivity index (χ2n) is 4.32. The van der Waals surface area contributed by atoms with Crippen molar-refractivity contribution in [1.29, 1.82) is 5.26 Å². The number of hydrogen-bond donors (Lipinski definition) is 0. The molecular weight excluding hydrogens is 292 g/mol. The van der Waals surface area contributed by atoms with Crippen molar-refractivity contribution in [2.24, 2.45) is 0 Å². The highest BCUT2D eigenvalue weighted by Gasteiger charge is 2.12. The van der Waals surface area contributed by atoms with Gasteiger partial charge in [0.25, 0.3) is 0 Å². The van der Waals surface area contributed by atoms with E-state index in [2.05, 4.69) is 6.07 Å². The first-order valence-electron chi connectivity index (χ1n) is 5.95. The number of Topliss-reactive ketones (excluding diaryl/α,β-unsaturated/α-hetero) is 1. The molecule has 0 atom stereocenters. The second-order valence-corrected chi connectivity index (χ2v) is 6.04. The topological polar surface area (TPSA) is 45.8 Å². The third-order valence-electron chi connectivity index (χ3n) is 3.10. The molecule has 3 nitrogen and oxygen atoms in total. The number of carbonyl (C=O) groups excluding carboxylic acids is 1. The van der Waals surface area contributed by atoms with Crippen molar-refractivity contribution >= 4 is 39.6 Å². The third kappa shape index (κ3) is 2.22. The Morgan fingerprint density at radius 1 is 1.30 bits per heavy atom. The summed E-state index contributed by atoms with van der Waals surface area (Å²) in [5.41, 5.74) is 1.51. The maximum atomic E-state index is 12.2. The number of thiophene rings is 1. The molecule has 0 N–H and O–H groups in total. The summed E-state index contributed by atoms with van der Waals surface area (Å²) < 4.78 is 2.46. The van der Waals surface area contributed by atoms with Crippen molar-refractivity contribution in [1.82, 2.24) is 4.57 Å². The van der Waals surface area contributed by atoms with Gasteiger partial charge in [-0.2, -0.15) is 5.26 Å². The zero-order chi connectivity index (χ0) is 14.1. The molecule has 3 rings (SSSR count). The van der Waals surface area contributed by atoms with Gasteiger partial charge in [0.1, 0.15) is 0 Å². The van der Waals surface area contributed by atoms with Gasteiger partial charge >= 0.3 is 0 Å². The summed E-state index contributed by atoms with van der Waals surface area (Å²) in [7, 11) is 0. The molecule has 0 amide bonds.